The van der Waals surface area contributed by atoms with Crippen molar-refractivity contribution in [1.29, 1.82) is 0 Å². The van der Waals surface area contributed by atoms with Crippen LogP contribution in [0.2, 0.25) is 0 Å². The van der Waals surface area contributed by atoms with E-state index in [1.807, 2.05) is 12.1 Å². The molecule has 0 aliphatic carbocycles. The summed E-state index contributed by atoms with van der Waals surface area (Å²) in [6.45, 7) is 6.40. The fourth-order valence-corrected chi connectivity index (χ4v) is 1.59. The summed E-state index contributed by atoms with van der Waals surface area (Å²) in [4.78, 5) is 19.4. The molecule has 1 aromatic heterocycles. The maximum absolute atomic E-state index is 11.8. The van der Waals surface area contributed by atoms with Crippen molar-refractivity contribution in [3.05, 3.63) is 54.1 Å². The molecule has 98 valence electrons. The van der Waals surface area contributed by atoms with Crippen LogP contribution in [0.3, 0.4) is 0 Å². The van der Waals surface area contributed by atoms with Crippen LogP contribution in [0.4, 0.5) is 0 Å². The number of carbonyl (C=O) groups excluding carboxylic acids is 1. The second-order valence-corrected chi connectivity index (χ2v) is 5.26. The summed E-state index contributed by atoms with van der Waals surface area (Å²) < 4.78 is 5.24. The summed E-state index contributed by atoms with van der Waals surface area (Å²) in [7, 11) is 0. The average Bonchev–Trinajstić information content (AvgIpc) is 2.39. The molecule has 2 rings (SSSR count). The zero-order valence-corrected chi connectivity index (χ0v) is 11.3. The fourth-order valence-electron chi connectivity index (χ4n) is 1.59. The van der Waals surface area contributed by atoms with Gasteiger partial charge < -0.3 is 4.74 Å². The predicted octanol–water partition coefficient (Wildman–Crippen LogP) is 2.99. The Morgan fingerprint density at radius 2 is 1.79 bits per heavy atom. The van der Waals surface area contributed by atoms with Gasteiger partial charge in [0.05, 0.1) is 0 Å². The number of benzene rings is 1. The Labute approximate surface area is 112 Å². The quantitative estimate of drug-likeness (QED) is 0.612. The van der Waals surface area contributed by atoms with Gasteiger partial charge in [-0.1, -0.05) is 32.9 Å². The summed E-state index contributed by atoms with van der Waals surface area (Å²) in [5.41, 5.74) is 1.51. The standard InChI is InChI=1S/C15H16N2O2/c1-15(2,3)11-4-6-12(7-5-11)19-14(18)13-8-9-16-10-17-13/h4-10H,1-3H3. The molecule has 19 heavy (non-hydrogen) atoms. The van der Waals surface area contributed by atoms with E-state index >= 15 is 0 Å². The van der Waals surface area contributed by atoms with Crippen LogP contribution >= 0.6 is 0 Å². The van der Waals surface area contributed by atoms with Crippen molar-refractivity contribution in [2.75, 3.05) is 0 Å². The highest BCUT2D eigenvalue weighted by atomic mass is 16.5. The molecule has 2 aromatic rings. The molecule has 0 spiro atoms. The van der Waals surface area contributed by atoms with Gasteiger partial charge in [-0.05, 0) is 29.2 Å². The number of esters is 1. The Kier molecular flexibility index (Phi) is 3.60. The lowest BCUT2D eigenvalue weighted by Gasteiger charge is -2.18. The van der Waals surface area contributed by atoms with E-state index in [4.69, 9.17) is 4.74 Å². The van der Waals surface area contributed by atoms with Crippen molar-refractivity contribution in [3.63, 3.8) is 0 Å². The minimum atomic E-state index is -0.481. The first-order chi connectivity index (χ1) is 8.97. The number of hydrogen-bond donors (Lipinski definition) is 0. The number of rotatable bonds is 2. The Hall–Kier alpha value is -2.23. The normalized spacial score (nSPS) is 11.1. The van der Waals surface area contributed by atoms with Gasteiger partial charge in [0.25, 0.3) is 0 Å². The summed E-state index contributed by atoms with van der Waals surface area (Å²) in [5, 5.41) is 0. The number of ether oxygens (including phenoxy) is 1. The summed E-state index contributed by atoms with van der Waals surface area (Å²) in [6, 6.07) is 9.02. The number of hydrogen-bond acceptors (Lipinski definition) is 4. The topological polar surface area (TPSA) is 52.1 Å². The molecule has 0 radical (unpaired) electrons. The first kappa shape index (κ1) is 13.2. The van der Waals surface area contributed by atoms with Crippen LogP contribution in [0.1, 0.15) is 36.8 Å². The molecule has 0 unspecified atom stereocenters. The summed E-state index contributed by atoms with van der Waals surface area (Å²) in [5.74, 6) is 0.0301. The molecular weight excluding hydrogens is 240 g/mol. The van der Waals surface area contributed by atoms with Gasteiger partial charge >= 0.3 is 5.97 Å². The lowest BCUT2D eigenvalue weighted by Crippen LogP contribution is -2.12. The van der Waals surface area contributed by atoms with E-state index in [0.29, 0.717) is 5.75 Å². The molecule has 1 heterocycles. The fraction of sp³-hybridized carbons (Fsp3) is 0.267. The largest absolute Gasteiger partial charge is 0.422 e. The third-order valence-corrected chi connectivity index (χ3v) is 2.72. The minimum absolute atomic E-state index is 0.0786. The lowest BCUT2D eigenvalue weighted by molar-refractivity contribution is 0.0728. The van der Waals surface area contributed by atoms with E-state index in [9.17, 15) is 4.79 Å². The van der Waals surface area contributed by atoms with Crippen LogP contribution in [-0.2, 0) is 5.41 Å². The first-order valence-corrected chi connectivity index (χ1v) is 6.05. The Morgan fingerprint density at radius 3 is 2.32 bits per heavy atom. The number of carbonyl (C=O) groups is 1. The van der Waals surface area contributed by atoms with Gasteiger partial charge in [-0.15, -0.1) is 0 Å². The zero-order chi connectivity index (χ0) is 13.9. The van der Waals surface area contributed by atoms with Crippen LogP contribution in [0.15, 0.2) is 42.9 Å². The molecule has 0 amide bonds. The molecule has 0 N–H and O–H groups in total. The van der Waals surface area contributed by atoms with Gasteiger partial charge in [0, 0.05) is 6.20 Å². The van der Waals surface area contributed by atoms with Crippen LogP contribution in [0.25, 0.3) is 0 Å². The monoisotopic (exact) mass is 256 g/mol. The van der Waals surface area contributed by atoms with E-state index in [-0.39, 0.29) is 11.1 Å². The maximum atomic E-state index is 11.8. The molecule has 4 nitrogen and oxygen atoms in total. The Bertz CT molecular complexity index is 557. The Morgan fingerprint density at radius 1 is 1.11 bits per heavy atom. The molecule has 0 atom stereocenters. The number of aromatic nitrogens is 2. The van der Waals surface area contributed by atoms with E-state index in [2.05, 4.69) is 30.7 Å². The zero-order valence-electron chi connectivity index (χ0n) is 11.3. The molecule has 0 saturated carbocycles. The van der Waals surface area contributed by atoms with Crippen LogP contribution in [0, 0.1) is 0 Å². The minimum Gasteiger partial charge on any atom is -0.422 e. The molecule has 1 aromatic carbocycles. The molecule has 0 fully saturated rings. The van der Waals surface area contributed by atoms with Gasteiger partial charge in [-0.2, -0.15) is 0 Å². The third-order valence-electron chi connectivity index (χ3n) is 2.72. The van der Waals surface area contributed by atoms with Gasteiger partial charge in [0.15, 0.2) is 5.69 Å². The van der Waals surface area contributed by atoms with Gasteiger partial charge in [0.2, 0.25) is 0 Å². The number of nitrogens with zero attached hydrogens (tertiary/aromatic N) is 2. The van der Waals surface area contributed by atoms with Crippen molar-refractivity contribution >= 4 is 5.97 Å². The van der Waals surface area contributed by atoms with Crippen molar-refractivity contribution in [2.24, 2.45) is 0 Å². The average molecular weight is 256 g/mol. The summed E-state index contributed by atoms with van der Waals surface area (Å²) in [6.07, 6.45) is 2.82. The summed E-state index contributed by atoms with van der Waals surface area (Å²) >= 11 is 0. The van der Waals surface area contributed by atoms with E-state index < -0.39 is 5.97 Å². The molecule has 4 heteroatoms. The highest BCUT2D eigenvalue weighted by molar-refractivity contribution is 5.88. The molecule has 0 bridgehead atoms. The van der Waals surface area contributed by atoms with Crippen molar-refractivity contribution in [1.82, 2.24) is 9.97 Å². The van der Waals surface area contributed by atoms with Crippen LogP contribution in [0.5, 0.6) is 5.75 Å². The smallest absolute Gasteiger partial charge is 0.362 e. The second kappa shape index (κ2) is 5.18. The van der Waals surface area contributed by atoms with Crippen molar-refractivity contribution < 1.29 is 9.53 Å². The van der Waals surface area contributed by atoms with Crippen LogP contribution < -0.4 is 4.74 Å². The highest BCUT2D eigenvalue weighted by Gasteiger charge is 2.14. The highest BCUT2D eigenvalue weighted by Crippen LogP contribution is 2.24. The van der Waals surface area contributed by atoms with Gasteiger partial charge in [0.1, 0.15) is 12.1 Å². The van der Waals surface area contributed by atoms with Crippen molar-refractivity contribution in [2.45, 2.75) is 26.2 Å². The first-order valence-electron chi connectivity index (χ1n) is 6.05. The second-order valence-electron chi connectivity index (χ2n) is 5.26. The van der Waals surface area contributed by atoms with Crippen LogP contribution in [-0.4, -0.2) is 15.9 Å². The van der Waals surface area contributed by atoms with E-state index in [0.717, 1.165) is 0 Å². The van der Waals surface area contributed by atoms with Gasteiger partial charge in [-0.3, -0.25) is 0 Å². The molecular formula is C15H16N2O2. The molecule has 0 aliphatic rings. The van der Waals surface area contributed by atoms with Crippen molar-refractivity contribution in [3.8, 4) is 5.75 Å². The third kappa shape index (κ3) is 3.37. The molecule has 0 aliphatic heterocycles. The SMILES string of the molecule is CC(C)(C)c1ccc(OC(=O)c2ccncn2)cc1. The predicted molar refractivity (Wildman–Crippen MR) is 72.1 cm³/mol. The maximum Gasteiger partial charge on any atom is 0.362 e. The lowest BCUT2D eigenvalue weighted by atomic mass is 9.87. The van der Waals surface area contributed by atoms with Gasteiger partial charge in [-0.25, -0.2) is 14.8 Å². The van der Waals surface area contributed by atoms with E-state index in [1.54, 1.807) is 12.1 Å². The van der Waals surface area contributed by atoms with E-state index in [1.165, 1.54) is 24.2 Å². The molecule has 0 saturated heterocycles. The Balaban J connectivity index is 2.10.